The molecule has 1 aromatic heterocycles. The minimum atomic E-state index is -0.853. The van der Waals surface area contributed by atoms with E-state index < -0.39 is 22.8 Å². The topological polar surface area (TPSA) is 73.1 Å². The van der Waals surface area contributed by atoms with Crippen LogP contribution in [0.4, 0.5) is 4.39 Å². The molecule has 0 aliphatic rings. The van der Waals surface area contributed by atoms with Crippen molar-refractivity contribution in [3.63, 3.8) is 0 Å². The Kier molecular flexibility index (Phi) is 5.54. The van der Waals surface area contributed by atoms with Crippen LogP contribution in [0.25, 0.3) is 5.69 Å². The zero-order valence-corrected chi connectivity index (χ0v) is 15.6. The first kappa shape index (κ1) is 19.3. The van der Waals surface area contributed by atoms with Crippen LogP contribution in [-0.2, 0) is 11.3 Å². The van der Waals surface area contributed by atoms with Gasteiger partial charge in [0, 0.05) is 12.4 Å². The summed E-state index contributed by atoms with van der Waals surface area (Å²) in [6, 6.07) is 13.2. The first-order chi connectivity index (χ1) is 13.4. The normalized spacial score (nSPS) is 11.8. The van der Waals surface area contributed by atoms with Gasteiger partial charge in [0.15, 0.2) is 0 Å². The number of benzene rings is 2. The Morgan fingerprint density at radius 2 is 1.79 bits per heavy atom. The number of hydrogen-bond donors (Lipinski definition) is 1. The molecule has 0 spiro atoms. The third-order valence-electron chi connectivity index (χ3n) is 4.48. The fourth-order valence-corrected chi connectivity index (χ4v) is 2.93. The zero-order chi connectivity index (χ0) is 20.3. The van der Waals surface area contributed by atoms with Gasteiger partial charge in [-0.2, -0.15) is 0 Å². The van der Waals surface area contributed by atoms with Crippen LogP contribution >= 0.6 is 0 Å². The lowest BCUT2D eigenvalue weighted by Gasteiger charge is -2.15. The molecular formula is C21H20FN3O3. The van der Waals surface area contributed by atoms with Gasteiger partial charge in [0.05, 0.1) is 11.7 Å². The number of aryl methyl sites for hydroxylation is 1. The Hall–Kier alpha value is -3.48. The molecule has 1 atom stereocenters. The Morgan fingerprint density at radius 1 is 1.07 bits per heavy atom. The smallest absolute Gasteiger partial charge is 0.320 e. The molecular weight excluding hydrogens is 361 g/mol. The molecule has 0 bridgehead atoms. The van der Waals surface area contributed by atoms with E-state index in [1.807, 2.05) is 37.3 Å². The molecule has 0 fully saturated rings. The van der Waals surface area contributed by atoms with Crippen molar-refractivity contribution in [2.45, 2.75) is 26.4 Å². The molecule has 0 saturated carbocycles. The van der Waals surface area contributed by atoms with E-state index in [0.717, 1.165) is 14.7 Å². The number of amides is 1. The van der Waals surface area contributed by atoms with E-state index in [4.69, 9.17) is 0 Å². The predicted molar refractivity (Wildman–Crippen MR) is 104 cm³/mol. The summed E-state index contributed by atoms with van der Waals surface area (Å²) in [5.41, 5.74) is 0.167. The summed E-state index contributed by atoms with van der Waals surface area (Å²) in [5, 5.41) is 2.80. The number of rotatable bonds is 5. The molecule has 2 aromatic carbocycles. The maximum Gasteiger partial charge on any atom is 0.320 e. The van der Waals surface area contributed by atoms with Crippen molar-refractivity contribution in [1.82, 2.24) is 14.5 Å². The van der Waals surface area contributed by atoms with Crippen molar-refractivity contribution in [3.8, 4) is 5.69 Å². The quantitative estimate of drug-likeness (QED) is 0.690. The van der Waals surface area contributed by atoms with Crippen LogP contribution in [0.2, 0.25) is 0 Å². The predicted octanol–water partition coefficient (Wildman–Crippen LogP) is 2.32. The van der Waals surface area contributed by atoms with Gasteiger partial charge in [-0.15, -0.1) is 0 Å². The summed E-state index contributed by atoms with van der Waals surface area (Å²) in [7, 11) is 0. The molecule has 6 nitrogen and oxygen atoms in total. The molecule has 0 saturated heterocycles. The second-order valence-electron chi connectivity index (χ2n) is 6.54. The molecule has 1 amide bonds. The van der Waals surface area contributed by atoms with Gasteiger partial charge < -0.3 is 5.32 Å². The molecule has 7 heteroatoms. The van der Waals surface area contributed by atoms with Gasteiger partial charge in [0.2, 0.25) is 5.91 Å². The van der Waals surface area contributed by atoms with Crippen LogP contribution in [0.15, 0.2) is 70.5 Å². The average molecular weight is 381 g/mol. The second kappa shape index (κ2) is 8.04. The number of nitrogens with zero attached hydrogens (tertiary/aromatic N) is 2. The van der Waals surface area contributed by atoms with Gasteiger partial charge in [-0.25, -0.2) is 4.39 Å². The second-order valence-corrected chi connectivity index (χ2v) is 6.54. The lowest BCUT2D eigenvalue weighted by Crippen LogP contribution is -2.43. The first-order valence-electron chi connectivity index (χ1n) is 8.80. The molecule has 1 N–H and O–H groups in total. The Bertz CT molecular complexity index is 1120. The highest BCUT2D eigenvalue weighted by Crippen LogP contribution is 2.13. The van der Waals surface area contributed by atoms with Crippen LogP contribution in [-0.4, -0.2) is 15.0 Å². The summed E-state index contributed by atoms with van der Waals surface area (Å²) in [6.07, 6.45) is 2.71. The van der Waals surface area contributed by atoms with Gasteiger partial charge in [-0.1, -0.05) is 36.4 Å². The van der Waals surface area contributed by atoms with Crippen LogP contribution in [0.1, 0.15) is 24.1 Å². The molecule has 0 aliphatic heterocycles. The van der Waals surface area contributed by atoms with E-state index in [2.05, 4.69) is 5.32 Å². The Balaban J connectivity index is 1.82. The minimum Gasteiger partial charge on any atom is -0.348 e. The molecule has 0 aliphatic carbocycles. The van der Waals surface area contributed by atoms with E-state index in [-0.39, 0.29) is 18.3 Å². The lowest BCUT2D eigenvalue weighted by molar-refractivity contribution is -0.122. The largest absolute Gasteiger partial charge is 0.348 e. The fourth-order valence-electron chi connectivity index (χ4n) is 2.93. The fraction of sp³-hybridized carbons (Fsp3) is 0.190. The molecule has 0 radical (unpaired) electrons. The van der Waals surface area contributed by atoms with Crippen LogP contribution in [0, 0.1) is 12.7 Å². The Morgan fingerprint density at radius 3 is 2.50 bits per heavy atom. The molecule has 1 unspecified atom stereocenters. The van der Waals surface area contributed by atoms with Gasteiger partial charge in [-0.05, 0) is 37.1 Å². The van der Waals surface area contributed by atoms with Crippen LogP contribution in [0.5, 0.6) is 0 Å². The van der Waals surface area contributed by atoms with Crippen molar-refractivity contribution in [2.24, 2.45) is 0 Å². The summed E-state index contributed by atoms with van der Waals surface area (Å²) in [5.74, 6) is -0.900. The van der Waals surface area contributed by atoms with Crippen molar-refractivity contribution in [3.05, 3.63) is 98.6 Å². The van der Waals surface area contributed by atoms with Crippen LogP contribution in [0.3, 0.4) is 0 Å². The molecule has 28 heavy (non-hydrogen) atoms. The average Bonchev–Trinajstić information content (AvgIpc) is 2.68. The summed E-state index contributed by atoms with van der Waals surface area (Å²) in [6.45, 7) is 3.26. The highest BCUT2D eigenvalue weighted by molar-refractivity contribution is 5.76. The number of carbonyl (C=O) groups excluding carboxylic acids is 1. The summed E-state index contributed by atoms with van der Waals surface area (Å²) in [4.78, 5) is 37.1. The highest BCUT2D eigenvalue weighted by atomic mass is 19.1. The van der Waals surface area contributed by atoms with Crippen LogP contribution < -0.4 is 16.4 Å². The zero-order valence-electron chi connectivity index (χ0n) is 15.6. The first-order valence-corrected chi connectivity index (χ1v) is 8.80. The van der Waals surface area contributed by atoms with Crippen molar-refractivity contribution >= 4 is 5.91 Å². The number of halogens is 1. The van der Waals surface area contributed by atoms with Crippen molar-refractivity contribution < 1.29 is 9.18 Å². The highest BCUT2D eigenvalue weighted by Gasteiger charge is 2.14. The van der Waals surface area contributed by atoms with Gasteiger partial charge in [0.1, 0.15) is 12.4 Å². The SMILES string of the molecule is Cc1ccc(F)cc1-n1ccn(CC(=O)NC(C)c2ccccc2)c(=O)c1=O. The van der Waals surface area contributed by atoms with Gasteiger partial charge in [-0.3, -0.25) is 23.5 Å². The molecule has 3 aromatic rings. The molecule has 144 valence electrons. The standard InChI is InChI=1S/C21H20FN3O3/c1-14-8-9-17(22)12-18(14)25-11-10-24(20(27)21(25)28)13-19(26)23-15(2)16-6-4-3-5-7-16/h3-12,15H,13H2,1-2H3,(H,23,26). The number of carbonyl (C=O) groups is 1. The molecule has 1 heterocycles. The van der Waals surface area contributed by atoms with E-state index in [9.17, 15) is 18.8 Å². The maximum atomic E-state index is 13.5. The van der Waals surface area contributed by atoms with E-state index in [0.29, 0.717) is 5.56 Å². The number of hydrogen-bond acceptors (Lipinski definition) is 3. The lowest BCUT2D eigenvalue weighted by atomic mass is 10.1. The minimum absolute atomic E-state index is 0.236. The molecule has 3 rings (SSSR count). The maximum absolute atomic E-state index is 13.5. The monoisotopic (exact) mass is 381 g/mol. The van der Waals surface area contributed by atoms with E-state index in [1.54, 1.807) is 6.92 Å². The van der Waals surface area contributed by atoms with Crippen molar-refractivity contribution in [1.29, 1.82) is 0 Å². The summed E-state index contributed by atoms with van der Waals surface area (Å²) >= 11 is 0. The van der Waals surface area contributed by atoms with Gasteiger partial charge >= 0.3 is 11.1 Å². The Labute approximate surface area is 160 Å². The third kappa shape index (κ3) is 4.09. The van der Waals surface area contributed by atoms with E-state index in [1.165, 1.54) is 30.6 Å². The number of aromatic nitrogens is 2. The van der Waals surface area contributed by atoms with E-state index >= 15 is 0 Å². The summed E-state index contributed by atoms with van der Waals surface area (Å²) < 4.78 is 15.7. The van der Waals surface area contributed by atoms with Crippen molar-refractivity contribution in [2.75, 3.05) is 0 Å². The third-order valence-corrected chi connectivity index (χ3v) is 4.48. The van der Waals surface area contributed by atoms with Gasteiger partial charge in [0.25, 0.3) is 0 Å². The number of nitrogens with one attached hydrogen (secondary N) is 1.